The lowest BCUT2D eigenvalue weighted by molar-refractivity contribution is -0.136. The Labute approximate surface area is 114 Å². The van der Waals surface area contributed by atoms with E-state index in [-0.39, 0.29) is 24.5 Å². The fourth-order valence-electron chi connectivity index (χ4n) is 1.96. The van der Waals surface area contributed by atoms with Crippen LogP contribution in [-0.4, -0.2) is 39.2 Å². The second kappa shape index (κ2) is 6.21. The van der Waals surface area contributed by atoms with Crippen LogP contribution in [0.15, 0.2) is 4.79 Å². The highest BCUT2D eigenvalue weighted by Gasteiger charge is 2.20. The van der Waals surface area contributed by atoms with Crippen molar-refractivity contribution in [1.29, 1.82) is 0 Å². The number of rotatable bonds is 4. The first-order chi connectivity index (χ1) is 9.08. The van der Waals surface area contributed by atoms with E-state index in [4.69, 9.17) is 9.84 Å². The Bertz CT molecular complexity index is 523. The molecule has 2 heterocycles. The summed E-state index contributed by atoms with van der Waals surface area (Å²) >= 11 is 1.76. The summed E-state index contributed by atoms with van der Waals surface area (Å²) in [6.07, 6.45) is -0.0520. The Kier molecular flexibility index (Phi) is 4.60. The van der Waals surface area contributed by atoms with E-state index < -0.39 is 5.97 Å². The molecule has 2 rings (SSSR count). The van der Waals surface area contributed by atoms with Gasteiger partial charge in [-0.3, -0.25) is 9.59 Å². The van der Waals surface area contributed by atoms with Gasteiger partial charge in [-0.05, 0) is 13.3 Å². The molecule has 0 bridgehead atoms. The molecule has 1 aliphatic rings. The molecular weight excluding hydrogens is 268 g/mol. The van der Waals surface area contributed by atoms with Crippen molar-refractivity contribution in [2.24, 2.45) is 0 Å². The van der Waals surface area contributed by atoms with Gasteiger partial charge in [0.15, 0.2) is 0 Å². The summed E-state index contributed by atoms with van der Waals surface area (Å²) in [5, 5.41) is 8.66. The number of aromatic nitrogens is 2. The van der Waals surface area contributed by atoms with Crippen molar-refractivity contribution in [2.45, 2.75) is 25.9 Å². The third-order valence-electron chi connectivity index (χ3n) is 2.95. The summed E-state index contributed by atoms with van der Waals surface area (Å²) in [6, 6.07) is 0. The zero-order valence-corrected chi connectivity index (χ0v) is 11.5. The summed E-state index contributed by atoms with van der Waals surface area (Å²) in [6.45, 7) is 2.38. The number of hydrogen-bond acceptors (Lipinski definition) is 5. The van der Waals surface area contributed by atoms with E-state index in [0.717, 1.165) is 11.5 Å². The number of H-pyrrole nitrogens is 1. The molecule has 6 nitrogen and oxygen atoms in total. The molecular formula is C12H16N2O4S. The second-order valence-electron chi connectivity index (χ2n) is 4.34. The van der Waals surface area contributed by atoms with Gasteiger partial charge in [0.1, 0.15) is 11.9 Å². The average Bonchev–Trinajstić information content (AvgIpc) is 2.38. The largest absolute Gasteiger partial charge is 0.481 e. The molecule has 0 radical (unpaired) electrons. The number of nitrogens with one attached hydrogen (secondary N) is 1. The van der Waals surface area contributed by atoms with Gasteiger partial charge >= 0.3 is 5.97 Å². The lowest BCUT2D eigenvalue weighted by atomic mass is 10.1. The van der Waals surface area contributed by atoms with Gasteiger partial charge < -0.3 is 14.8 Å². The van der Waals surface area contributed by atoms with E-state index in [9.17, 15) is 9.59 Å². The number of hydrogen-bond donors (Lipinski definition) is 2. The van der Waals surface area contributed by atoms with Crippen LogP contribution in [0, 0.1) is 6.92 Å². The predicted octanol–water partition coefficient (Wildman–Crippen LogP) is 0.900. The Morgan fingerprint density at radius 2 is 2.42 bits per heavy atom. The fourth-order valence-corrected chi connectivity index (χ4v) is 2.81. The smallest absolute Gasteiger partial charge is 0.303 e. The number of carboxylic acid groups (broad SMARTS) is 1. The molecule has 0 amide bonds. The Morgan fingerprint density at radius 3 is 3.00 bits per heavy atom. The third kappa shape index (κ3) is 3.57. The van der Waals surface area contributed by atoms with Crippen molar-refractivity contribution in [3.8, 4) is 0 Å². The molecule has 0 aromatic carbocycles. The lowest BCUT2D eigenvalue weighted by Gasteiger charge is -2.21. The molecule has 1 atom stereocenters. The average molecular weight is 284 g/mol. The molecule has 0 aliphatic carbocycles. The molecule has 1 fully saturated rings. The molecule has 19 heavy (non-hydrogen) atoms. The van der Waals surface area contributed by atoms with Gasteiger partial charge in [-0.25, -0.2) is 4.98 Å². The summed E-state index contributed by atoms with van der Waals surface area (Å²) in [7, 11) is 0. The van der Waals surface area contributed by atoms with Crippen LogP contribution in [0.25, 0.3) is 0 Å². The van der Waals surface area contributed by atoms with Crippen LogP contribution in [0.2, 0.25) is 0 Å². The van der Waals surface area contributed by atoms with Crippen molar-refractivity contribution >= 4 is 17.7 Å². The second-order valence-corrected chi connectivity index (χ2v) is 5.49. The minimum Gasteiger partial charge on any atom is -0.481 e. The number of carboxylic acids is 1. The van der Waals surface area contributed by atoms with Gasteiger partial charge in [0, 0.05) is 29.2 Å². The molecule has 1 saturated heterocycles. The highest BCUT2D eigenvalue weighted by Crippen LogP contribution is 2.23. The van der Waals surface area contributed by atoms with Gasteiger partial charge in [0.2, 0.25) is 0 Å². The number of aromatic amines is 1. The summed E-state index contributed by atoms with van der Waals surface area (Å²) < 4.78 is 5.56. The first-order valence-corrected chi connectivity index (χ1v) is 7.24. The van der Waals surface area contributed by atoms with Gasteiger partial charge in [0.25, 0.3) is 5.56 Å². The highest BCUT2D eigenvalue weighted by molar-refractivity contribution is 7.99. The number of thioether (sulfide) groups is 1. The zero-order valence-electron chi connectivity index (χ0n) is 10.6. The number of ether oxygens (including phenoxy) is 1. The summed E-state index contributed by atoms with van der Waals surface area (Å²) in [5.41, 5.74) is 0.761. The van der Waals surface area contributed by atoms with Crippen molar-refractivity contribution < 1.29 is 14.6 Å². The number of aryl methyl sites for hydroxylation is 1. The monoisotopic (exact) mass is 284 g/mol. The van der Waals surface area contributed by atoms with Crippen LogP contribution in [0.1, 0.15) is 29.6 Å². The van der Waals surface area contributed by atoms with Crippen LogP contribution in [0.5, 0.6) is 0 Å². The number of aliphatic carboxylic acids is 1. The van der Waals surface area contributed by atoms with Gasteiger partial charge in [0.05, 0.1) is 6.61 Å². The molecule has 104 valence electrons. The van der Waals surface area contributed by atoms with E-state index in [0.29, 0.717) is 23.7 Å². The molecule has 1 aromatic rings. The Morgan fingerprint density at radius 1 is 1.63 bits per heavy atom. The van der Waals surface area contributed by atoms with E-state index in [1.807, 2.05) is 0 Å². The van der Waals surface area contributed by atoms with Crippen LogP contribution in [0.4, 0.5) is 0 Å². The number of carbonyl (C=O) groups is 1. The van der Waals surface area contributed by atoms with E-state index in [1.54, 1.807) is 18.7 Å². The zero-order chi connectivity index (χ0) is 13.8. The SMILES string of the molecule is Cc1nc(C2CSCCO2)[nH]c(=O)c1CCC(=O)O. The quantitative estimate of drug-likeness (QED) is 0.853. The summed E-state index contributed by atoms with van der Waals surface area (Å²) in [4.78, 5) is 29.6. The fraction of sp³-hybridized carbons (Fsp3) is 0.583. The van der Waals surface area contributed by atoms with Crippen LogP contribution in [0.3, 0.4) is 0 Å². The number of nitrogens with zero attached hydrogens (tertiary/aromatic N) is 1. The topological polar surface area (TPSA) is 92.3 Å². The molecule has 1 aliphatic heterocycles. The minimum atomic E-state index is -0.921. The first-order valence-electron chi connectivity index (χ1n) is 6.08. The van der Waals surface area contributed by atoms with Gasteiger partial charge in [-0.15, -0.1) is 0 Å². The molecule has 0 saturated carbocycles. The maximum absolute atomic E-state index is 12.0. The van der Waals surface area contributed by atoms with Crippen LogP contribution < -0.4 is 5.56 Å². The summed E-state index contributed by atoms with van der Waals surface area (Å²) in [5.74, 6) is 1.34. The molecule has 0 spiro atoms. The van der Waals surface area contributed by atoms with Crippen molar-refractivity contribution in [3.05, 3.63) is 27.4 Å². The molecule has 1 unspecified atom stereocenters. The standard InChI is InChI=1S/C12H16N2O4S/c1-7-8(2-3-10(15)16)12(17)14-11(13-7)9-6-19-5-4-18-9/h9H,2-6H2,1H3,(H,15,16)(H,13,14,17). The maximum Gasteiger partial charge on any atom is 0.303 e. The van der Waals surface area contributed by atoms with Crippen molar-refractivity contribution in [1.82, 2.24) is 9.97 Å². The Balaban J connectivity index is 2.20. The first kappa shape index (κ1) is 14.1. The van der Waals surface area contributed by atoms with E-state index in [2.05, 4.69) is 9.97 Å². The van der Waals surface area contributed by atoms with Gasteiger partial charge in [-0.2, -0.15) is 11.8 Å². The molecule has 2 N–H and O–H groups in total. The van der Waals surface area contributed by atoms with Crippen LogP contribution >= 0.6 is 11.8 Å². The Hall–Kier alpha value is -1.34. The van der Waals surface area contributed by atoms with E-state index in [1.165, 1.54) is 0 Å². The van der Waals surface area contributed by atoms with Crippen LogP contribution in [-0.2, 0) is 16.0 Å². The molecule has 1 aromatic heterocycles. The predicted molar refractivity (Wildman–Crippen MR) is 71.6 cm³/mol. The molecule has 7 heteroatoms. The van der Waals surface area contributed by atoms with Crippen molar-refractivity contribution in [2.75, 3.05) is 18.1 Å². The normalized spacial score (nSPS) is 19.3. The highest BCUT2D eigenvalue weighted by atomic mass is 32.2. The maximum atomic E-state index is 12.0. The minimum absolute atomic E-state index is 0.0687. The lowest BCUT2D eigenvalue weighted by Crippen LogP contribution is -2.25. The van der Waals surface area contributed by atoms with Crippen molar-refractivity contribution in [3.63, 3.8) is 0 Å². The van der Waals surface area contributed by atoms with E-state index >= 15 is 0 Å². The van der Waals surface area contributed by atoms with Gasteiger partial charge in [-0.1, -0.05) is 0 Å². The third-order valence-corrected chi connectivity index (χ3v) is 3.94.